The predicted molar refractivity (Wildman–Crippen MR) is 348 cm³/mol. The quantitative estimate of drug-likeness (QED) is 0.0490. The molecule has 480 valence electrons. The first kappa shape index (κ1) is 68.4. The van der Waals surface area contributed by atoms with Gasteiger partial charge in [-0.05, 0) is 49.8 Å². The number of H-pyrrole nitrogens is 4. The van der Waals surface area contributed by atoms with Gasteiger partial charge in [0.1, 0.15) is 40.9 Å². The molecule has 1 aliphatic rings. The topological polar surface area (TPSA) is 449 Å². The number of aromatic amines is 4. The van der Waals surface area contributed by atoms with Gasteiger partial charge >= 0.3 is 0 Å². The Hall–Kier alpha value is -9.06. The van der Waals surface area contributed by atoms with Crippen LogP contribution in [-0.2, 0) is 20.7 Å². The standard InChI is InChI=1S/C15H15N5O2S.C14H17N5O3S.C14H20N4O4S.C13H18N4O3S/c1-20(7-4-9-2-5-17-6-3-9)14(22)10-8-23-12-11(10)18-15(16)19-13(12)21;1-7(20)16-8-2-4-19(5-3-8)13(22)9-6-23-11-10(9)17-14(15)18-12(11)21;1-2-6-22-7-4-18(3-5-19)13(21)9-8-23-11-10(9)16-14(15)17-12(11)20;1-3-5-20-6-4-17(2)12(19)8-7-21-10-9(8)15-13(14)16-11(10)18/h2-3,5-6,8H,4,7H2,1H3,(H3,16,18,19,21);6,8H,2-5H2,1H3,(H,16,20)(H3,15,17,18,21);8,19H,2-7H2,1H3,(H3,15,16,17,20);7H,3-6H2,1-2H3,(H3,14,15,16,18). The number of amides is 5. The predicted octanol–water partition coefficient (Wildman–Crippen LogP) is 3.08. The fourth-order valence-corrected chi connectivity index (χ4v) is 12.5. The molecular weight excluding hydrogens is 1240 g/mol. The molecule has 0 saturated carbocycles. The number of aromatic nitrogens is 9. The molecule has 9 aromatic rings. The van der Waals surface area contributed by atoms with E-state index in [1.165, 1.54) is 45.8 Å². The second-order valence-electron chi connectivity index (χ2n) is 20.2. The maximum atomic E-state index is 12.7. The van der Waals surface area contributed by atoms with E-state index in [1.54, 1.807) is 62.7 Å². The molecule has 14 N–H and O–H groups in total. The molecule has 0 radical (unpaired) electrons. The molecule has 0 spiro atoms. The van der Waals surface area contributed by atoms with Gasteiger partial charge in [-0.15, -0.1) is 45.3 Å². The maximum Gasteiger partial charge on any atom is 0.270 e. The first-order valence-electron chi connectivity index (χ1n) is 28.2. The fraction of sp³-hybridized carbons (Fsp3) is 0.393. The van der Waals surface area contributed by atoms with Crippen LogP contribution in [0, 0.1) is 0 Å². The molecular formula is C56H70N18O12S4. The molecule has 10 rings (SSSR count). The molecule has 1 saturated heterocycles. The highest BCUT2D eigenvalue weighted by Gasteiger charge is 2.28. The third kappa shape index (κ3) is 17.6. The van der Waals surface area contributed by atoms with Gasteiger partial charge in [0.25, 0.3) is 45.9 Å². The van der Waals surface area contributed by atoms with E-state index >= 15 is 0 Å². The summed E-state index contributed by atoms with van der Waals surface area (Å²) in [5, 5.41) is 18.6. The molecule has 5 amide bonds. The highest BCUT2D eigenvalue weighted by molar-refractivity contribution is 7.18. The highest BCUT2D eigenvalue weighted by Crippen LogP contribution is 2.27. The Bertz CT molecular complexity index is 4210. The Morgan fingerprint density at radius 3 is 1.39 bits per heavy atom. The minimum absolute atomic E-state index is 0.000633. The Morgan fingerprint density at radius 1 is 0.589 bits per heavy atom. The number of anilines is 4. The number of nitrogens with two attached hydrogens (primary N) is 4. The number of fused-ring (bicyclic) bond motifs is 4. The van der Waals surface area contributed by atoms with Crippen molar-refractivity contribution in [2.75, 3.05) is 109 Å². The smallest absolute Gasteiger partial charge is 0.270 e. The van der Waals surface area contributed by atoms with Crippen molar-refractivity contribution in [2.24, 2.45) is 0 Å². The van der Waals surface area contributed by atoms with Crippen LogP contribution in [0.5, 0.6) is 0 Å². The second kappa shape index (κ2) is 32.4. The number of aliphatic hydroxyl groups is 1. The minimum atomic E-state index is -0.364. The lowest BCUT2D eigenvalue weighted by molar-refractivity contribution is -0.119. The number of carbonyl (C=O) groups excluding carboxylic acids is 5. The van der Waals surface area contributed by atoms with Crippen LogP contribution in [0.4, 0.5) is 23.8 Å². The molecule has 34 heteroatoms. The third-order valence-corrected chi connectivity index (χ3v) is 17.4. The maximum absolute atomic E-state index is 12.7. The van der Waals surface area contributed by atoms with Crippen LogP contribution >= 0.6 is 45.3 Å². The van der Waals surface area contributed by atoms with E-state index in [2.05, 4.69) is 50.2 Å². The molecule has 1 aliphatic heterocycles. The number of hydrogen-bond donors (Lipinski definition) is 10. The zero-order chi connectivity index (χ0) is 65.2. The zero-order valence-corrected chi connectivity index (χ0v) is 53.2. The monoisotopic (exact) mass is 1310 g/mol. The van der Waals surface area contributed by atoms with Crippen molar-refractivity contribution in [3.05, 3.63) is 115 Å². The Morgan fingerprint density at radius 2 is 0.978 bits per heavy atom. The van der Waals surface area contributed by atoms with Gasteiger partial charge in [-0.25, -0.2) is 19.9 Å². The Kier molecular flexibility index (Phi) is 24.7. The lowest BCUT2D eigenvalue weighted by Crippen LogP contribution is -2.46. The number of nitrogen functional groups attached to an aromatic ring is 4. The van der Waals surface area contributed by atoms with Gasteiger partial charge in [-0.3, -0.25) is 68.1 Å². The number of piperidine rings is 1. The van der Waals surface area contributed by atoms with E-state index in [9.17, 15) is 43.2 Å². The van der Waals surface area contributed by atoms with Gasteiger partial charge in [0.2, 0.25) is 29.7 Å². The van der Waals surface area contributed by atoms with E-state index < -0.39 is 0 Å². The number of likely N-dealkylation sites (tertiary alicyclic amines) is 1. The van der Waals surface area contributed by atoms with Crippen LogP contribution in [0.2, 0.25) is 0 Å². The summed E-state index contributed by atoms with van der Waals surface area (Å²) in [5.74, 6) is -0.908. The largest absolute Gasteiger partial charge is 0.395 e. The highest BCUT2D eigenvalue weighted by atomic mass is 32.1. The number of hydrogen-bond acceptors (Lipinski definition) is 25. The number of nitrogens with zero attached hydrogens (tertiary/aromatic N) is 9. The number of ether oxygens (including phenoxy) is 2. The summed E-state index contributed by atoms with van der Waals surface area (Å²) in [6.07, 6.45) is 7.44. The van der Waals surface area contributed by atoms with E-state index in [-0.39, 0.29) is 94.8 Å². The lowest BCUT2D eigenvalue weighted by Gasteiger charge is -2.32. The summed E-state index contributed by atoms with van der Waals surface area (Å²) in [6, 6.07) is 3.94. The number of pyridine rings is 1. The van der Waals surface area contributed by atoms with Crippen LogP contribution in [0.1, 0.15) is 93.4 Å². The third-order valence-electron chi connectivity index (χ3n) is 13.5. The first-order chi connectivity index (χ1) is 43.1. The molecule has 0 bridgehead atoms. The summed E-state index contributed by atoms with van der Waals surface area (Å²) < 4.78 is 12.3. The van der Waals surface area contributed by atoms with Gasteiger partial charge < -0.3 is 62.4 Å². The number of aliphatic hydroxyl groups excluding tert-OH is 1. The van der Waals surface area contributed by atoms with Crippen LogP contribution in [-0.4, -0.2) is 192 Å². The number of nitrogens with one attached hydrogen (secondary N) is 5. The number of carbonyl (C=O) groups is 5. The molecule has 0 aliphatic carbocycles. The average molecular weight is 1320 g/mol. The summed E-state index contributed by atoms with van der Waals surface area (Å²) >= 11 is 4.70. The molecule has 0 atom stereocenters. The summed E-state index contributed by atoms with van der Waals surface area (Å²) in [7, 11) is 3.42. The second-order valence-corrected chi connectivity index (χ2v) is 23.7. The summed E-state index contributed by atoms with van der Waals surface area (Å²) in [5.41, 5.74) is 24.9. The minimum Gasteiger partial charge on any atom is -0.395 e. The molecule has 90 heavy (non-hydrogen) atoms. The van der Waals surface area contributed by atoms with E-state index in [4.69, 9.17) is 37.5 Å². The molecule has 30 nitrogen and oxygen atoms in total. The van der Waals surface area contributed by atoms with Crippen molar-refractivity contribution >= 4 is 140 Å². The zero-order valence-electron chi connectivity index (χ0n) is 49.9. The Labute approximate surface area is 528 Å². The van der Waals surface area contributed by atoms with E-state index in [0.717, 1.165) is 36.2 Å². The van der Waals surface area contributed by atoms with Crippen molar-refractivity contribution in [1.82, 2.24) is 69.8 Å². The van der Waals surface area contributed by atoms with Crippen molar-refractivity contribution in [1.29, 1.82) is 0 Å². The molecule has 0 aromatic carbocycles. The molecule has 1 fully saturated rings. The molecule has 10 heterocycles. The lowest BCUT2D eigenvalue weighted by atomic mass is 10.0. The van der Waals surface area contributed by atoms with Crippen molar-refractivity contribution < 1.29 is 38.6 Å². The van der Waals surface area contributed by atoms with E-state index in [0.29, 0.717) is 135 Å². The van der Waals surface area contributed by atoms with Crippen molar-refractivity contribution in [3.8, 4) is 0 Å². The number of thiophene rings is 4. The van der Waals surface area contributed by atoms with Crippen LogP contribution < -0.4 is 50.5 Å². The van der Waals surface area contributed by atoms with Crippen molar-refractivity contribution in [3.63, 3.8) is 0 Å². The van der Waals surface area contributed by atoms with Gasteiger partial charge in [0.15, 0.2) is 0 Å². The molecule has 0 unspecified atom stereocenters. The van der Waals surface area contributed by atoms with Gasteiger partial charge in [-0.1, -0.05) is 13.8 Å². The SMILES string of the molecule is CC(=O)NC1CCN(C(=O)c2csc3c(=O)[nH]c(N)nc23)CC1.CCCOCCN(C)C(=O)c1csc2c(=O)[nH]c(N)nc12.CCCOCCN(CCO)C(=O)c1csc2c(=O)[nH]c(N)nc12.CN(CCc1ccncc1)C(=O)c1csc2c(=O)[nH]c(N)nc12. The first-order valence-corrected chi connectivity index (χ1v) is 31.8. The normalized spacial score (nSPS) is 12.2. The summed E-state index contributed by atoms with van der Waals surface area (Å²) in [6.45, 7) is 10.2. The number of likely N-dealkylation sites (N-methyl/N-ethyl adjacent to an activating group) is 2. The van der Waals surface area contributed by atoms with Gasteiger partial charge in [0, 0.05) is 113 Å². The summed E-state index contributed by atoms with van der Waals surface area (Å²) in [4.78, 5) is 145. The van der Waals surface area contributed by atoms with Crippen LogP contribution in [0.3, 0.4) is 0 Å². The van der Waals surface area contributed by atoms with Gasteiger partial charge in [0.05, 0.1) is 42.1 Å². The van der Waals surface area contributed by atoms with E-state index in [1.807, 2.05) is 26.0 Å². The average Bonchev–Trinajstić information content (AvgIpc) is 2.84. The van der Waals surface area contributed by atoms with Crippen molar-refractivity contribution in [2.45, 2.75) is 58.9 Å². The Balaban J connectivity index is 0.000000171. The van der Waals surface area contributed by atoms with Crippen LogP contribution in [0.25, 0.3) is 40.9 Å². The van der Waals surface area contributed by atoms with Gasteiger partial charge in [-0.2, -0.15) is 0 Å². The molecule has 9 aromatic heterocycles. The van der Waals surface area contributed by atoms with Crippen LogP contribution in [0.15, 0.2) is 65.2 Å². The fourth-order valence-electron chi connectivity index (χ4n) is 9.01. The number of rotatable bonds is 20.